The largest absolute Gasteiger partial charge is 0.381 e. The lowest BCUT2D eigenvalue weighted by atomic mass is 9.90. The maximum absolute atomic E-state index is 5.63. The van der Waals surface area contributed by atoms with Gasteiger partial charge in [-0.25, -0.2) is 9.97 Å². The van der Waals surface area contributed by atoms with Crippen molar-refractivity contribution in [2.24, 2.45) is 0 Å². The molecule has 0 radical (unpaired) electrons. The van der Waals surface area contributed by atoms with Gasteiger partial charge >= 0.3 is 0 Å². The number of piperidine rings is 1. The third-order valence-electron chi connectivity index (χ3n) is 6.03. The smallest absolute Gasteiger partial charge is 0.143 e. The molecular formula is C21H30N4O2. The molecule has 1 atom stereocenters. The van der Waals surface area contributed by atoms with E-state index >= 15 is 0 Å². The fraction of sp³-hybridized carbons (Fsp3) is 0.667. The lowest BCUT2D eigenvalue weighted by molar-refractivity contribution is 0.115. The first-order chi connectivity index (χ1) is 13.1. The molecule has 146 valence electrons. The summed E-state index contributed by atoms with van der Waals surface area (Å²) >= 11 is 0. The van der Waals surface area contributed by atoms with E-state index in [9.17, 15) is 0 Å². The molecule has 0 aliphatic carbocycles. The van der Waals surface area contributed by atoms with Crippen LogP contribution >= 0.6 is 0 Å². The highest BCUT2D eigenvalue weighted by molar-refractivity contribution is 5.64. The van der Waals surface area contributed by atoms with E-state index in [0.29, 0.717) is 12.0 Å². The molecule has 0 N–H and O–H groups in total. The molecule has 2 fully saturated rings. The van der Waals surface area contributed by atoms with Crippen LogP contribution in [-0.2, 0) is 4.74 Å². The maximum Gasteiger partial charge on any atom is 0.143 e. The molecule has 2 aromatic rings. The second-order valence-corrected chi connectivity index (χ2v) is 7.93. The summed E-state index contributed by atoms with van der Waals surface area (Å²) in [5.41, 5.74) is 4.01. The summed E-state index contributed by atoms with van der Waals surface area (Å²) in [6.07, 6.45) is 5.96. The molecule has 0 aromatic carbocycles. The van der Waals surface area contributed by atoms with Crippen molar-refractivity contribution >= 4 is 0 Å². The first-order valence-corrected chi connectivity index (χ1v) is 10.2. The van der Waals surface area contributed by atoms with Crippen LogP contribution < -0.4 is 0 Å². The average molecular weight is 370 g/mol. The van der Waals surface area contributed by atoms with Crippen molar-refractivity contribution in [3.05, 3.63) is 29.0 Å². The minimum absolute atomic E-state index is 0.504. The zero-order valence-electron chi connectivity index (χ0n) is 16.7. The van der Waals surface area contributed by atoms with Gasteiger partial charge in [0.2, 0.25) is 0 Å². The molecule has 2 aliphatic rings. The van der Waals surface area contributed by atoms with Gasteiger partial charge in [0.25, 0.3) is 0 Å². The van der Waals surface area contributed by atoms with Crippen molar-refractivity contribution in [2.45, 2.75) is 64.8 Å². The number of aromatic nitrogens is 3. The van der Waals surface area contributed by atoms with Gasteiger partial charge in [-0.2, -0.15) is 0 Å². The van der Waals surface area contributed by atoms with Gasteiger partial charge in [-0.1, -0.05) is 5.16 Å². The van der Waals surface area contributed by atoms with Crippen molar-refractivity contribution in [2.75, 3.05) is 26.3 Å². The summed E-state index contributed by atoms with van der Waals surface area (Å²) in [6.45, 7) is 10.0. The standard InChI is InChI=1S/C21H30N4O2/c1-14-21(15(2)27-24-14)20-13-19(22-16(3)23-20)17-6-9-25(10-7-17)18-5-4-11-26-12-8-18/h13,17-18H,4-12H2,1-3H3/t18-/m1/s1. The van der Waals surface area contributed by atoms with Crippen LogP contribution in [0.2, 0.25) is 0 Å². The van der Waals surface area contributed by atoms with E-state index in [1.165, 1.54) is 25.0 Å². The number of aryl methyl sites for hydroxylation is 3. The van der Waals surface area contributed by atoms with Gasteiger partial charge < -0.3 is 14.2 Å². The molecule has 2 aliphatic heterocycles. The monoisotopic (exact) mass is 370 g/mol. The number of ether oxygens (including phenoxy) is 1. The second kappa shape index (κ2) is 8.07. The molecule has 0 bridgehead atoms. The highest BCUT2D eigenvalue weighted by atomic mass is 16.5. The molecule has 0 spiro atoms. The zero-order chi connectivity index (χ0) is 18.8. The van der Waals surface area contributed by atoms with Crippen molar-refractivity contribution in [1.82, 2.24) is 20.0 Å². The average Bonchev–Trinajstić information content (AvgIpc) is 2.87. The molecule has 0 unspecified atom stereocenters. The molecule has 2 aromatic heterocycles. The lowest BCUT2D eigenvalue weighted by Gasteiger charge is -2.37. The molecular weight excluding hydrogens is 340 g/mol. The number of hydrogen-bond donors (Lipinski definition) is 0. The summed E-state index contributed by atoms with van der Waals surface area (Å²) < 4.78 is 11.0. The summed E-state index contributed by atoms with van der Waals surface area (Å²) in [6, 6.07) is 2.85. The predicted octanol–water partition coefficient (Wildman–Crippen LogP) is 3.81. The van der Waals surface area contributed by atoms with Gasteiger partial charge in [-0.05, 0) is 72.0 Å². The molecule has 6 nitrogen and oxygen atoms in total. The van der Waals surface area contributed by atoms with E-state index in [-0.39, 0.29) is 0 Å². The predicted molar refractivity (Wildman–Crippen MR) is 104 cm³/mol. The minimum Gasteiger partial charge on any atom is -0.381 e. The zero-order valence-corrected chi connectivity index (χ0v) is 16.7. The summed E-state index contributed by atoms with van der Waals surface area (Å²) in [7, 11) is 0. The SMILES string of the molecule is Cc1nc(-c2c(C)noc2C)cc(C2CCN([C@@H]3CCCOCC3)CC2)n1. The number of likely N-dealkylation sites (tertiary alicyclic amines) is 1. The van der Waals surface area contributed by atoms with Gasteiger partial charge in [0, 0.05) is 30.9 Å². The molecule has 6 heteroatoms. The number of hydrogen-bond acceptors (Lipinski definition) is 6. The van der Waals surface area contributed by atoms with E-state index in [2.05, 4.69) is 21.1 Å². The second-order valence-electron chi connectivity index (χ2n) is 7.93. The van der Waals surface area contributed by atoms with Crippen LogP contribution in [0.15, 0.2) is 10.6 Å². The Morgan fingerprint density at radius 3 is 2.56 bits per heavy atom. The number of rotatable bonds is 3. The Bertz CT molecular complexity index is 753. The molecule has 0 amide bonds. The molecule has 27 heavy (non-hydrogen) atoms. The van der Waals surface area contributed by atoms with Crippen LogP contribution in [0.25, 0.3) is 11.3 Å². The maximum atomic E-state index is 5.63. The van der Waals surface area contributed by atoms with Gasteiger partial charge in [-0.15, -0.1) is 0 Å². The third-order valence-corrected chi connectivity index (χ3v) is 6.03. The van der Waals surface area contributed by atoms with Gasteiger partial charge in [0.15, 0.2) is 0 Å². The summed E-state index contributed by atoms with van der Waals surface area (Å²) in [5.74, 6) is 2.15. The fourth-order valence-electron chi connectivity index (χ4n) is 4.59. The van der Waals surface area contributed by atoms with Crippen molar-refractivity contribution < 1.29 is 9.26 Å². The fourth-order valence-corrected chi connectivity index (χ4v) is 4.59. The van der Waals surface area contributed by atoms with E-state index < -0.39 is 0 Å². The van der Waals surface area contributed by atoms with Crippen LogP contribution in [0.5, 0.6) is 0 Å². The lowest BCUT2D eigenvalue weighted by Crippen LogP contribution is -2.41. The minimum atomic E-state index is 0.504. The van der Waals surface area contributed by atoms with Crippen LogP contribution in [0, 0.1) is 20.8 Å². The Balaban J connectivity index is 1.48. The summed E-state index contributed by atoms with van der Waals surface area (Å²) in [4.78, 5) is 12.1. The highest BCUT2D eigenvalue weighted by Gasteiger charge is 2.28. The Kier molecular flexibility index (Phi) is 5.55. The Morgan fingerprint density at radius 1 is 1.00 bits per heavy atom. The van der Waals surface area contributed by atoms with Crippen molar-refractivity contribution in [3.8, 4) is 11.3 Å². The summed E-state index contributed by atoms with van der Waals surface area (Å²) in [5, 5.41) is 4.08. The first kappa shape index (κ1) is 18.6. The van der Waals surface area contributed by atoms with Gasteiger partial charge in [0.1, 0.15) is 11.6 Å². The topological polar surface area (TPSA) is 64.3 Å². The quantitative estimate of drug-likeness (QED) is 0.819. The van der Waals surface area contributed by atoms with Crippen LogP contribution in [0.3, 0.4) is 0 Å². The van der Waals surface area contributed by atoms with Gasteiger partial charge in [0.05, 0.1) is 17.0 Å². The molecule has 4 heterocycles. The molecule has 2 saturated heterocycles. The number of nitrogens with zero attached hydrogens (tertiary/aromatic N) is 4. The Hall–Kier alpha value is -1.79. The van der Waals surface area contributed by atoms with E-state index in [0.717, 1.165) is 67.7 Å². The van der Waals surface area contributed by atoms with Crippen LogP contribution in [0.4, 0.5) is 0 Å². The first-order valence-electron chi connectivity index (χ1n) is 10.2. The molecule has 0 saturated carbocycles. The Labute approximate surface area is 161 Å². The van der Waals surface area contributed by atoms with E-state index in [1.807, 2.05) is 20.8 Å². The van der Waals surface area contributed by atoms with Gasteiger partial charge in [-0.3, -0.25) is 0 Å². The normalized spacial score (nSPS) is 22.7. The van der Waals surface area contributed by atoms with Crippen molar-refractivity contribution in [1.29, 1.82) is 0 Å². The van der Waals surface area contributed by atoms with Crippen LogP contribution in [0.1, 0.15) is 61.0 Å². The van der Waals surface area contributed by atoms with Crippen LogP contribution in [-0.4, -0.2) is 52.4 Å². The molecule has 4 rings (SSSR count). The van der Waals surface area contributed by atoms with E-state index in [1.54, 1.807) is 0 Å². The third kappa shape index (κ3) is 4.06. The van der Waals surface area contributed by atoms with Crippen molar-refractivity contribution in [3.63, 3.8) is 0 Å². The van der Waals surface area contributed by atoms with E-state index in [4.69, 9.17) is 14.2 Å². The Morgan fingerprint density at radius 2 is 1.81 bits per heavy atom. The highest BCUT2D eigenvalue weighted by Crippen LogP contribution is 2.32.